The van der Waals surface area contributed by atoms with E-state index in [1.165, 1.54) is 4.31 Å². The maximum absolute atomic E-state index is 12.8. The molecule has 1 saturated heterocycles. The predicted octanol–water partition coefficient (Wildman–Crippen LogP) is 0.140. The monoisotopic (exact) mass is 418 g/mol. The first-order valence-electron chi connectivity index (χ1n) is 8.60. The predicted molar refractivity (Wildman–Crippen MR) is 105 cm³/mol. The van der Waals surface area contributed by atoms with Crippen molar-refractivity contribution in [1.29, 1.82) is 0 Å². The van der Waals surface area contributed by atoms with Gasteiger partial charge in [-0.3, -0.25) is 9.59 Å². The van der Waals surface area contributed by atoms with Gasteiger partial charge in [-0.2, -0.15) is 4.31 Å². The van der Waals surface area contributed by atoms with Crippen LogP contribution in [0.4, 0.5) is 0 Å². The molecule has 8 nitrogen and oxygen atoms in total. The van der Waals surface area contributed by atoms with Crippen molar-refractivity contribution >= 4 is 34.2 Å². The minimum Gasteiger partial charge on any atom is -0.346 e. The first-order valence-corrected chi connectivity index (χ1v) is 10.0. The van der Waals surface area contributed by atoms with Crippen LogP contribution in [0, 0.1) is 0 Å². The van der Waals surface area contributed by atoms with Crippen molar-refractivity contribution in [3.05, 3.63) is 29.8 Å². The van der Waals surface area contributed by atoms with Crippen molar-refractivity contribution in [2.24, 2.45) is 5.73 Å². The van der Waals surface area contributed by atoms with Gasteiger partial charge in [-0.25, -0.2) is 8.42 Å². The number of nitrogens with zero attached hydrogens (tertiary/aromatic N) is 2. The van der Waals surface area contributed by atoms with Crippen LogP contribution in [-0.2, 0) is 19.6 Å². The Kier molecular flexibility index (Phi) is 8.67. The second kappa shape index (κ2) is 10.0. The van der Waals surface area contributed by atoms with Crippen LogP contribution in [0.5, 0.6) is 0 Å². The third kappa shape index (κ3) is 5.90. The maximum Gasteiger partial charge on any atom is 0.243 e. The van der Waals surface area contributed by atoms with Gasteiger partial charge in [0.15, 0.2) is 0 Å². The largest absolute Gasteiger partial charge is 0.346 e. The number of hydrogen-bond donors (Lipinski definition) is 2. The van der Waals surface area contributed by atoms with Crippen LogP contribution in [0.25, 0.3) is 0 Å². The number of piperazine rings is 1. The van der Waals surface area contributed by atoms with Gasteiger partial charge in [-0.1, -0.05) is 26.0 Å². The summed E-state index contributed by atoms with van der Waals surface area (Å²) in [6.07, 6.45) is 0. The number of hydrogen-bond acceptors (Lipinski definition) is 5. The summed E-state index contributed by atoms with van der Waals surface area (Å²) in [5, 5.41) is 2.42. The van der Waals surface area contributed by atoms with Crippen molar-refractivity contribution in [1.82, 2.24) is 14.5 Å². The van der Waals surface area contributed by atoms with E-state index >= 15 is 0 Å². The van der Waals surface area contributed by atoms with Gasteiger partial charge in [0.05, 0.1) is 18.0 Å². The van der Waals surface area contributed by atoms with E-state index in [1.54, 1.807) is 17.0 Å². The van der Waals surface area contributed by atoms with Crippen LogP contribution in [0.3, 0.4) is 0 Å². The highest BCUT2D eigenvalue weighted by atomic mass is 35.5. The molecule has 0 aliphatic carbocycles. The lowest BCUT2D eigenvalue weighted by Crippen LogP contribution is -2.52. The molecule has 2 rings (SSSR count). The Hall–Kier alpha value is -1.68. The van der Waals surface area contributed by atoms with Crippen molar-refractivity contribution in [2.75, 3.05) is 39.3 Å². The number of carbonyl (C=O) groups is 2. The fraction of sp³-hybridized carbons (Fsp3) is 0.529. The van der Waals surface area contributed by atoms with E-state index in [0.29, 0.717) is 19.0 Å². The van der Waals surface area contributed by atoms with Gasteiger partial charge in [0.2, 0.25) is 21.8 Å². The minimum absolute atomic E-state index is 0. The molecule has 0 spiro atoms. The molecule has 0 bridgehead atoms. The molecule has 1 aliphatic rings. The Bertz CT molecular complexity index is 745. The second-order valence-electron chi connectivity index (χ2n) is 6.49. The molecule has 0 unspecified atom stereocenters. The normalized spacial score (nSPS) is 15.3. The lowest BCUT2D eigenvalue weighted by atomic mass is 10.0. The van der Waals surface area contributed by atoms with Crippen LogP contribution >= 0.6 is 12.4 Å². The molecule has 1 fully saturated rings. The summed E-state index contributed by atoms with van der Waals surface area (Å²) in [6.45, 7) is 4.84. The standard InChI is InChI=1S/C17H26N4O4S.ClH/c1-13(2)14-3-5-15(6-4-14)26(24,25)21-9-7-20(8-10-21)17(23)12-19-16(22)11-18;/h3-6,13H,7-12,18H2,1-2H3,(H,19,22);1H. The summed E-state index contributed by atoms with van der Waals surface area (Å²) in [5.41, 5.74) is 6.26. The maximum atomic E-state index is 12.8. The van der Waals surface area contributed by atoms with Crippen LogP contribution in [0.1, 0.15) is 25.3 Å². The highest BCUT2D eigenvalue weighted by Crippen LogP contribution is 2.21. The first-order chi connectivity index (χ1) is 12.3. The summed E-state index contributed by atoms with van der Waals surface area (Å²) in [6, 6.07) is 6.92. The van der Waals surface area contributed by atoms with Crippen molar-refractivity contribution < 1.29 is 18.0 Å². The van der Waals surface area contributed by atoms with Crippen molar-refractivity contribution in [3.63, 3.8) is 0 Å². The van der Waals surface area contributed by atoms with E-state index in [2.05, 4.69) is 19.2 Å². The number of amides is 2. The third-order valence-corrected chi connectivity index (χ3v) is 6.31. The highest BCUT2D eigenvalue weighted by Gasteiger charge is 2.30. The summed E-state index contributed by atoms with van der Waals surface area (Å²) in [5.74, 6) is -0.310. The van der Waals surface area contributed by atoms with E-state index in [-0.39, 0.29) is 49.4 Å². The smallest absolute Gasteiger partial charge is 0.243 e. The summed E-state index contributed by atoms with van der Waals surface area (Å²) < 4.78 is 26.9. The average molecular weight is 419 g/mol. The quantitative estimate of drug-likeness (QED) is 0.682. The lowest BCUT2D eigenvalue weighted by molar-refractivity contribution is -0.133. The first kappa shape index (κ1) is 23.4. The lowest BCUT2D eigenvalue weighted by Gasteiger charge is -2.34. The number of nitrogens with two attached hydrogens (primary N) is 1. The van der Waals surface area contributed by atoms with E-state index in [0.717, 1.165) is 5.56 Å². The number of nitrogens with one attached hydrogen (secondary N) is 1. The Morgan fingerprint density at radius 2 is 1.67 bits per heavy atom. The molecule has 1 aromatic carbocycles. The Balaban J connectivity index is 0.00000364. The zero-order valence-electron chi connectivity index (χ0n) is 15.6. The topological polar surface area (TPSA) is 113 Å². The van der Waals surface area contributed by atoms with E-state index in [1.807, 2.05) is 12.1 Å². The Morgan fingerprint density at radius 1 is 1.11 bits per heavy atom. The molecule has 0 saturated carbocycles. The number of benzene rings is 1. The number of carbonyl (C=O) groups excluding carboxylic acids is 2. The minimum atomic E-state index is -3.57. The van der Waals surface area contributed by atoms with Gasteiger partial charge >= 0.3 is 0 Å². The van der Waals surface area contributed by atoms with Crippen LogP contribution in [0.2, 0.25) is 0 Å². The molecule has 0 aromatic heterocycles. The average Bonchev–Trinajstić information content (AvgIpc) is 2.65. The second-order valence-corrected chi connectivity index (χ2v) is 8.43. The molecule has 152 valence electrons. The number of halogens is 1. The van der Waals surface area contributed by atoms with Gasteiger partial charge < -0.3 is 16.0 Å². The molecule has 2 amide bonds. The molecule has 10 heteroatoms. The van der Waals surface area contributed by atoms with Gasteiger partial charge in [0, 0.05) is 26.2 Å². The van der Waals surface area contributed by atoms with Gasteiger partial charge in [-0.05, 0) is 23.6 Å². The molecule has 1 aromatic rings. The number of sulfonamides is 1. The fourth-order valence-electron chi connectivity index (χ4n) is 2.71. The Labute approximate surface area is 166 Å². The zero-order valence-corrected chi connectivity index (χ0v) is 17.2. The van der Waals surface area contributed by atoms with E-state index < -0.39 is 15.9 Å². The van der Waals surface area contributed by atoms with Crippen LogP contribution < -0.4 is 11.1 Å². The molecular weight excluding hydrogens is 392 g/mol. The van der Waals surface area contributed by atoms with Crippen molar-refractivity contribution in [2.45, 2.75) is 24.7 Å². The van der Waals surface area contributed by atoms with Crippen LogP contribution in [-0.4, -0.2) is 68.7 Å². The molecule has 0 radical (unpaired) electrons. The Morgan fingerprint density at radius 3 is 2.15 bits per heavy atom. The molecule has 27 heavy (non-hydrogen) atoms. The SMILES string of the molecule is CC(C)c1ccc(S(=O)(=O)N2CCN(C(=O)CNC(=O)CN)CC2)cc1.Cl. The summed E-state index contributed by atoms with van der Waals surface area (Å²) in [4.78, 5) is 25.0. The fourth-order valence-corrected chi connectivity index (χ4v) is 4.13. The van der Waals surface area contributed by atoms with E-state index in [4.69, 9.17) is 5.73 Å². The van der Waals surface area contributed by atoms with Gasteiger partial charge in [-0.15, -0.1) is 12.4 Å². The summed E-state index contributed by atoms with van der Waals surface area (Å²) >= 11 is 0. The van der Waals surface area contributed by atoms with Gasteiger partial charge in [0.1, 0.15) is 0 Å². The van der Waals surface area contributed by atoms with Crippen LogP contribution in [0.15, 0.2) is 29.2 Å². The summed E-state index contributed by atoms with van der Waals surface area (Å²) in [7, 11) is -3.57. The highest BCUT2D eigenvalue weighted by molar-refractivity contribution is 7.89. The third-order valence-electron chi connectivity index (χ3n) is 4.40. The zero-order chi connectivity index (χ0) is 19.3. The molecule has 3 N–H and O–H groups in total. The van der Waals surface area contributed by atoms with E-state index in [9.17, 15) is 18.0 Å². The van der Waals surface area contributed by atoms with Crippen molar-refractivity contribution in [3.8, 4) is 0 Å². The van der Waals surface area contributed by atoms with Gasteiger partial charge in [0.25, 0.3) is 0 Å². The molecule has 1 aliphatic heterocycles. The number of rotatable bonds is 6. The molecular formula is C17H27ClN4O4S. The molecule has 0 atom stereocenters. The molecule has 1 heterocycles.